The van der Waals surface area contributed by atoms with Crippen molar-refractivity contribution in [3.63, 3.8) is 0 Å². The fourth-order valence-electron chi connectivity index (χ4n) is 5.82. The van der Waals surface area contributed by atoms with Gasteiger partial charge in [0.1, 0.15) is 6.10 Å². The van der Waals surface area contributed by atoms with E-state index in [-0.39, 0.29) is 12.2 Å². The molecule has 0 N–H and O–H groups in total. The van der Waals surface area contributed by atoms with Crippen LogP contribution in [-0.4, -0.2) is 29.5 Å². The molecule has 0 spiro atoms. The van der Waals surface area contributed by atoms with E-state index in [2.05, 4.69) is 54.6 Å². The zero-order valence-electron chi connectivity index (χ0n) is 18.1. The summed E-state index contributed by atoms with van der Waals surface area (Å²) in [5.74, 6) is 5.28. The zero-order chi connectivity index (χ0) is 21.5. The van der Waals surface area contributed by atoms with E-state index in [1.807, 2.05) is 24.3 Å². The number of rotatable bonds is 4. The van der Waals surface area contributed by atoms with E-state index in [1.54, 1.807) is 0 Å². The summed E-state index contributed by atoms with van der Waals surface area (Å²) in [6.07, 6.45) is 1.44. The van der Waals surface area contributed by atoms with Crippen molar-refractivity contribution in [2.45, 2.75) is 30.8 Å². The summed E-state index contributed by atoms with van der Waals surface area (Å²) in [6.45, 7) is 0. The standard InChI is InChI=1S/C28H28O3S/c29-28(31-27-24-12-6-4-10-22(24)23-11-5-7-13-25(23)27)30-26-19-32(16-14-21(26)15-17-32)18-20-8-2-1-3-9-20/h1-13,21,26-27H,14-19H2/t26-/m0/s1. The molecule has 4 aliphatic rings. The van der Waals surface area contributed by atoms with E-state index in [9.17, 15) is 4.79 Å². The van der Waals surface area contributed by atoms with Gasteiger partial charge >= 0.3 is 6.16 Å². The highest BCUT2D eigenvalue weighted by Gasteiger charge is 2.45. The lowest BCUT2D eigenvalue weighted by atomic mass is 9.96. The van der Waals surface area contributed by atoms with Crippen LogP contribution < -0.4 is 0 Å². The second kappa shape index (κ2) is 8.00. The molecule has 3 aliphatic heterocycles. The first-order valence-corrected chi connectivity index (χ1v) is 13.9. The SMILES string of the molecule is O=C(OC1c2ccccc2-c2ccccc21)O[C@H]1CS2(Cc3ccccc3)CCC1CC2. The Hall–Kier alpha value is -2.72. The second-order valence-electron chi connectivity index (χ2n) is 9.35. The van der Waals surface area contributed by atoms with Crippen molar-refractivity contribution in [3.8, 4) is 11.1 Å². The molecular formula is C28H28O3S. The molecule has 1 aliphatic carbocycles. The first kappa shape index (κ1) is 19.9. The van der Waals surface area contributed by atoms with Gasteiger partial charge in [0.25, 0.3) is 0 Å². The minimum absolute atomic E-state index is 0.00407. The number of hydrogen-bond acceptors (Lipinski definition) is 3. The second-order valence-corrected chi connectivity index (χ2v) is 13.2. The molecule has 7 rings (SSSR count). The fourth-order valence-corrected chi connectivity index (χ4v) is 10.3. The number of fused-ring (bicyclic) bond motifs is 6. The third-order valence-electron chi connectivity index (χ3n) is 7.44. The van der Waals surface area contributed by atoms with Gasteiger partial charge in [0, 0.05) is 22.6 Å². The van der Waals surface area contributed by atoms with E-state index in [0.717, 1.165) is 33.8 Å². The van der Waals surface area contributed by atoms with Crippen LogP contribution in [0.1, 0.15) is 35.6 Å². The largest absolute Gasteiger partial charge is 0.509 e. The Labute approximate surface area is 191 Å². The maximum Gasteiger partial charge on any atom is 0.509 e. The number of hydrogen-bond donors (Lipinski definition) is 0. The molecule has 2 bridgehead atoms. The van der Waals surface area contributed by atoms with Crippen LogP contribution in [0, 0.1) is 5.92 Å². The molecule has 3 aromatic rings. The highest BCUT2D eigenvalue weighted by molar-refractivity contribution is 8.33. The number of ether oxygens (including phenoxy) is 2. The van der Waals surface area contributed by atoms with Gasteiger partial charge in [-0.15, -0.1) is 0 Å². The van der Waals surface area contributed by atoms with Gasteiger partial charge < -0.3 is 9.47 Å². The molecule has 0 amide bonds. The van der Waals surface area contributed by atoms with Gasteiger partial charge in [-0.3, -0.25) is 0 Å². The molecule has 32 heavy (non-hydrogen) atoms. The van der Waals surface area contributed by atoms with Crippen molar-refractivity contribution in [2.24, 2.45) is 5.92 Å². The average Bonchev–Trinajstić information content (AvgIpc) is 3.14. The fraction of sp³-hybridized carbons (Fsp3) is 0.321. The van der Waals surface area contributed by atoms with Crippen LogP contribution >= 0.6 is 10.0 Å². The Balaban J connectivity index is 1.18. The molecule has 3 heterocycles. The van der Waals surface area contributed by atoms with Gasteiger partial charge in [-0.05, 0) is 47.0 Å². The van der Waals surface area contributed by atoms with Crippen molar-refractivity contribution >= 4 is 16.2 Å². The van der Waals surface area contributed by atoms with E-state index in [4.69, 9.17) is 9.47 Å². The molecular weight excluding hydrogens is 416 g/mol. The number of carbonyl (C=O) groups is 1. The lowest BCUT2D eigenvalue weighted by molar-refractivity contribution is -0.00688. The number of carbonyl (C=O) groups excluding carboxylic acids is 1. The Kier molecular flexibility index (Phi) is 4.98. The summed E-state index contributed by atoms with van der Waals surface area (Å²) >= 11 is 0. The molecule has 3 nitrogen and oxygen atoms in total. The molecule has 3 aromatic carbocycles. The Morgan fingerprint density at radius 2 is 1.38 bits per heavy atom. The summed E-state index contributed by atoms with van der Waals surface area (Å²) in [7, 11) is -0.775. The topological polar surface area (TPSA) is 35.5 Å². The van der Waals surface area contributed by atoms with Gasteiger partial charge in [-0.2, -0.15) is 0 Å². The van der Waals surface area contributed by atoms with Gasteiger partial charge in [-0.1, -0.05) is 78.9 Å². The predicted molar refractivity (Wildman–Crippen MR) is 130 cm³/mol. The summed E-state index contributed by atoms with van der Waals surface area (Å²) in [5.41, 5.74) is 5.79. The summed E-state index contributed by atoms with van der Waals surface area (Å²) in [4.78, 5) is 13.0. The molecule has 0 saturated carbocycles. The Bertz CT molecular complexity index is 1090. The van der Waals surface area contributed by atoms with Gasteiger partial charge in [0.2, 0.25) is 0 Å². The summed E-state index contributed by atoms with van der Waals surface area (Å²) in [6, 6.07) is 27.2. The lowest BCUT2D eigenvalue weighted by Crippen LogP contribution is -2.45. The minimum atomic E-state index is -0.775. The van der Waals surface area contributed by atoms with Gasteiger partial charge in [-0.25, -0.2) is 14.8 Å². The van der Waals surface area contributed by atoms with Crippen LogP contribution in [0.4, 0.5) is 4.79 Å². The van der Waals surface area contributed by atoms with Crippen molar-refractivity contribution in [3.05, 3.63) is 95.6 Å². The zero-order valence-corrected chi connectivity index (χ0v) is 18.9. The van der Waals surface area contributed by atoms with Crippen LogP contribution in [-0.2, 0) is 15.2 Å². The van der Waals surface area contributed by atoms with E-state index >= 15 is 0 Å². The Morgan fingerprint density at radius 1 is 0.781 bits per heavy atom. The van der Waals surface area contributed by atoms with Crippen molar-refractivity contribution < 1.29 is 14.3 Å². The first-order valence-electron chi connectivity index (χ1n) is 11.5. The van der Waals surface area contributed by atoms with Crippen LogP contribution in [0.2, 0.25) is 0 Å². The van der Waals surface area contributed by atoms with Gasteiger partial charge in [0.15, 0.2) is 6.10 Å². The predicted octanol–water partition coefficient (Wildman–Crippen LogP) is 6.71. The monoisotopic (exact) mass is 444 g/mol. The van der Waals surface area contributed by atoms with Crippen molar-refractivity contribution in [2.75, 3.05) is 17.3 Å². The van der Waals surface area contributed by atoms with E-state index in [0.29, 0.717) is 5.92 Å². The minimum Gasteiger partial charge on any atom is -0.430 e. The summed E-state index contributed by atoms with van der Waals surface area (Å²) < 4.78 is 12.0. The average molecular weight is 445 g/mol. The lowest BCUT2D eigenvalue weighted by Gasteiger charge is -2.54. The molecule has 164 valence electrons. The Morgan fingerprint density at radius 3 is 2.03 bits per heavy atom. The van der Waals surface area contributed by atoms with Crippen molar-refractivity contribution in [1.29, 1.82) is 0 Å². The normalized spacial score (nSPS) is 27.8. The maximum atomic E-state index is 13.0. The smallest absolute Gasteiger partial charge is 0.430 e. The summed E-state index contributed by atoms with van der Waals surface area (Å²) in [5, 5.41) is 0. The van der Waals surface area contributed by atoms with Crippen molar-refractivity contribution in [1.82, 2.24) is 0 Å². The van der Waals surface area contributed by atoms with E-state index in [1.165, 1.54) is 29.9 Å². The first-order chi connectivity index (χ1) is 15.7. The van der Waals surface area contributed by atoms with Gasteiger partial charge in [0.05, 0.1) is 0 Å². The quantitative estimate of drug-likeness (QED) is 0.420. The van der Waals surface area contributed by atoms with Crippen LogP contribution in [0.5, 0.6) is 0 Å². The highest BCUT2D eigenvalue weighted by atomic mass is 32.3. The van der Waals surface area contributed by atoms with Crippen LogP contribution in [0.15, 0.2) is 78.9 Å². The molecule has 3 fully saturated rings. The molecule has 0 aromatic heterocycles. The molecule has 0 radical (unpaired) electrons. The molecule has 1 atom stereocenters. The van der Waals surface area contributed by atoms with Crippen LogP contribution in [0.3, 0.4) is 0 Å². The van der Waals surface area contributed by atoms with Crippen LogP contribution in [0.25, 0.3) is 11.1 Å². The number of benzene rings is 3. The molecule has 4 heteroatoms. The highest BCUT2D eigenvalue weighted by Crippen LogP contribution is 2.61. The third kappa shape index (κ3) is 3.51. The van der Waals surface area contributed by atoms with E-state index < -0.39 is 16.2 Å². The maximum absolute atomic E-state index is 13.0. The molecule has 3 saturated heterocycles. The third-order valence-corrected chi connectivity index (χ3v) is 11.6. The molecule has 0 unspecified atom stereocenters.